The Kier molecular flexibility index (Phi) is 6.26. The second-order valence-corrected chi connectivity index (χ2v) is 9.27. The first-order chi connectivity index (χ1) is 16.5. The molecule has 4 aromatic rings. The van der Waals surface area contributed by atoms with Gasteiger partial charge in [0.05, 0.1) is 10.6 Å². The van der Waals surface area contributed by atoms with Crippen LogP contribution in [0, 0.1) is 5.82 Å². The maximum atomic E-state index is 13.3. The predicted molar refractivity (Wildman–Crippen MR) is 139 cm³/mol. The first kappa shape index (κ1) is 22.4. The monoisotopic (exact) mass is 489 g/mol. The van der Waals surface area contributed by atoms with Crippen LogP contribution in [0.1, 0.15) is 18.1 Å². The third kappa shape index (κ3) is 4.39. The molecule has 170 valence electrons. The topological polar surface area (TPSA) is 37.6 Å². The normalized spacial score (nSPS) is 16.3. The van der Waals surface area contributed by atoms with Crippen molar-refractivity contribution < 1.29 is 9.18 Å². The van der Waals surface area contributed by atoms with E-state index in [1.54, 1.807) is 17.0 Å². The third-order valence-corrected chi connectivity index (χ3v) is 7.04. The maximum absolute atomic E-state index is 13.3. The van der Waals surface area contributed by atoms with Crippen LogP contribution in [0.3, 0.4) is 0 Å². The number of carbonyl (C=O) groups is 1. The smallest absolute Gasteiger partial charge is 0.266 e. The molecule has 1 fully saturated rings. The number of para-hydroxylation sites is 1. The Morgan fingerprint density at radius 2 is 1.76 bits per heavy atom. The molecule has 1 amide bonds. The van der Waals surface area contributed by atoms with Crippen molar-refractivity contribution in [2.24, 2.45) is 4.99 Å². The Bertz CT molecular complexity index is 1440. The molecule has 0 radical (unpaired) electrons. The molecule has 0 N–H and O–H groups in total. The maximum Gasteiger partial charge on any atom is 0.266 e. The second kappa shape index (κ2) is 9.49. The van der Waals surface area contributed by atoms with E-state index < -0.39 is 0 Å². The van der Waals surface area contributed by atoms with Gasteiger partial charge in [0.15, 0.2) is 5.17 Å². The highest BCUT2D eigenvalue weighted by Gasteiger charge is 2.32. The van der Waals surface area contributed by atoms with Crippen LogP contribution in [0.5, 0.6) is 0 Å². The van der Waals surface area contributed by atoms with Gasteiger partial charge in [0.25, 0.3) is 5.91 Å². The van der Waals surface area contributed by atoms with Crippen LogP contribution >= 0.6 is 23.4 Å². The first-order valence-corrected chi connectivity index (χ1v) is 12.1. The minimum absolute atomic E-state index is 0.0868. The molecule has 3 aromatic carbocycles. The molecule has 0 saturated carbocycles. The molecule has 1 aromatic heterocycles. The lowest BCUT2D eigenvalue weighted by molar-refractivity contribution is -0.122. The Balaban J connectivity index is 1.52. The van der Waals surface area contributed by atoms with Gasteiger partial charge in [-0.25, -0.2) is 9.38 Å². The van der Waals surface area contributed by atoms with E-state index in [1.165, 1.54) is 23.9 Å². The molecule has 5 rings (SSSR count). The number of aliphatic imine (C=N–C) groups is 1. The highest BCUT2D eigenvalue weighted by molar-refractivity contribution is 8.18. The minimum Gasteiger partial charge on any atom is -0.342 e. The van der Waals surface area contributed by atoms with E-state index in [4.69, 9.17) is 11.6 Å². The van der Waals surface area contributed by atoms with Gasteiger partial charge in [-0.05, 0) is 66.7 Å². The second-order valence-electron chi connectivity index (χ2n) is 7.85. The molecule has 1 aliphatic rings. The number of benzene rings is 3. The average molecular weight is 490 g/mol. The molecule has 0 unspecified atom stereocenters. The van der Waals surface area contributed by atoms with Gasteiger partial charge in [-0.3, -0.25) is 9.69 Å². The van der Waals surface area contributed by atoms with Crippen LogP contribution in [0.25, 0.3) is 17.0 Å². The number of hydrogen-bond acceptors (Lipinski definition) is 3. The number of amidine groups is 1. The van der Waals surface area contributed by atoms with Gasteiger partial charge in [-0.2, -0.15) is 0 Å². The molecule has 7 heteroatoms. The van der Waals surface area contributed by atoms with Crippen molar-refractivity contribution in [1.82, 2.24) is 9.47 Å². The van der Waals surface area contributed by atoms with Crippen LogP contribution < -0.4 is 0 Å². The van der Waals surface area contributed by atoms with Gasteiger partial charge < -0.3 is 4.57 Å². The summed E-state index contributed by atoms with van der Waals surface area (Å²) < 4.78 is 15.4. The number of rotatable bonds is 5. The van der Waals surface area contributed by atoms with Crippen LogP contribution in [-0.2, 0) is 11.3 Å². The van der Waals surface area contributed by atoms with Crippen molar-refractivity contribution in [1.29, 1.82) is 0 Å². The zero-order valence-corrected chi connectivity index (χ0v) is 20.0. The van der Waals surface area contributed by atoms with Gasteiger partial charge in [0.2, 0.25) is 0 Å². The molecule has 4 nitrogen and oxygen atoms in total. The minimum atomic E-state index is -0.319. The van der Waals surface area contributed by atoms with Gasteiger partial charge in [0, 0.05) is 40.8 Å². The zero-order chi connectivity index (χ0) is 23.7. The van der Waals surface area contributed by atoms with E-state index in [0.717, 1.165) is 27.1 Å². The summed E-state index contributed by atoms with van der Waals surface area (Å²) in [6, 6.07) is 21.9. The third-order valence-electron chi connectivity index (χ3n) is 5.66. The van der Waals surface area contributed by atoms with E-state index in [2.05, 4.69) is 27.9 Å². The number of fused-ring (bicyclic) bond motifs is 1. The summed E-state index contributed by atoms with van der Waals surface area (Å²) >= 11 is 7.73. The Morgan fingerprint density at radius 3 is 2.53 bits per heavy atom. The Hall–Kier alpha value is -3.35. The van der Waals surface area contributed by atoms with Crippen LogP contribution in [0.15, 0.2) is 88.9 Å². The Morgan fingerprint density at radius 1 is 1.03 bits per heavy atom. The van der Waals surface area contributed by atoms with E-state index in [0.29, 0.717) is 28.8 Å². The standard InChI is InChI=1S/C27H21ClFN3OS/c1-2-32-26(33)25(34-27(32)30-21-13-11-20(29)12-14-21)15-19-17-31(24-10-6-4-8-22(19)24)16-18-7-3-5-9-23(18)28/h3-15,17H,2,16H2,1H3/b25-15+,30-27?. The summed E-state index contributed by atoms with van der Waals surface area (Å²) in [6.45, 7) is 3.04. The number of amides is 1. The van der Waals surface area contributed by atoms with E-state index in [-0.39, 0.29) is 11.7 Å². The molecule has 0 aliphatic carbocycles. The molecule has 34 heavy (non-hydrogen) atoms. The number of halogens is 2. The fourth-order valence-corrected chi connectivity index (χ4v) is 5.22. The van der Waals surface area contributed by atoms with Crippen molar-refractivity contribution in [2.45, 2.75) is 13.5 Å². The number of carbonyl (C=O) groups excluding carboxylic acids is 1. The van der Waals surface area contributed by atoms with Gasteiger partial charge >= 0.3 is 0 Å². The SMILES string of the molecule is CCN1C(=O)/C(=C\c2cn(Cc3ccccc3Cl)c3ccccc23)SC1=Nc1ccc(F)cc1. The lowest BCUT2D eigenvalue weighted by Crippen LogP contribution is -2.28. The van der Waals surface area contributed by atoms with Crippen molar-refractivity contribution in [2.75, 3.05) is 6.54 Å². The summed E-state index contributed by atoms with van der Waals surface area (Å²) in [4.78, 5) is 20.0. The predicted octanol–water partition coefficient (Wildman–Crippen LogP) is 7.11. The summed E-state index contributed by atoms with van der Waals surface area (Å²) in [5, 5.41) is 2.37. The van der Waals surface area contributed by atoms with Crippen LogP contribution in [0.4, 0.5) is 10.1 Å². The van der Waals surface area contributed by atoms with Crippen molar-refractivity contribution in [3.63, 3.8) is 0 Å². The number of thioether (sulfide) groups is 1. The lowest BCUT2D eigenvalue weighted by atomic mass is 10.1. The molecule has 1 aliphatic heterocycles. The molecule has 0 spiro atoms. The first-order valence-electron chi connectivity index (χ1n) is 10.9. The van der Waals surface area contributed by atoms with E-state index in [9.17, 15) is 9.18 Å². The van der Waals surface area contributed by atoms with E-state index >= 15 is 0 Å². The summed E-state index contributed by atoms with van der Waals surface area (Å²) in [5.41, 5.74) is 3.66. The molecular formula is C27H21ClFN3OS. The van der Waals surface area contributed by atoms with Gasteiger partial charge in [-0.15, -0.1) is 0 Å². The Labute approximate surface area is 206 Å². The number of nitrogens with zero attached hydrogens (tertiary/aromatic N) is 3. The summed E-state index contributed by atoms with van der Waals surface area (Å²) in [6.07, 6.45) is 3.98. The van der Waals surface area contributed by atoms with Crippen molar-refractivity contribution in [3.8, 4) is 0 Å². The lowest BCUT2D eigenvalue weighted by Gasteiger charge is -2.11. The largest absolute Gasteiger partial charge is 0.342 e. The highest BCUT2D eigenvalue weighted by atomic mass is 35.5. The van der Waals surface area contributed by atoms with Crippen LogP contribution in [0.2, 0.25) is 5.02 Å². The quantitative estimate of drug-likeness (QED) is 0.280. The van der Waals surface area contributed by atoms with Gasteiger partial charge in [-0.1, -0.05) is 48.0 Å². The van der Waals surface area contributed by atoms with Crippen molar-refractivity contribution >= 4 is 57.1 Å². The van der Waals surface area contributed by atoms with E-state index in [1.807, 2.05) is 49.4 Å². The highest BCUT2D eigenvalue weighted by Crippen LogP contribution is 2.35. The van der Waals surface area contributed by atoms with Crippen molar-refractivity contribution in [3.05, 3.63) is 106 Å². The fraction of sp³-hybridized carbons (Fsp3) is 0.111. The molecule has 2 heterocycles. The summed E-state index contributed by atoms with van der Waals surface area (Å²) in [5.74, 6) is -0.406. The molecule has 1 saturated heterocycles. The zero-order valence-electron chi connectivity index (χ0n) is 18.4. The number of aromatic nitrogens is 1. The molecule has 0 bridgehead atoms. The number of likely N-dealkylation sites (N-methyl/N-ethyl adjacent to an activating group) is 1. The summed E-state index contributed by atoms with van der Waals surface area (Å²) in [7, 11) is 0. The molecule has 0 atom stereocenters. The number of hydrogen-bond donors (Lipinski definition) is 0. The van der Waals surface area contributed by atoms with Crippen LogP contribution in [-0.4, -0.2) is 27.1 Å². The fourth-order valence-electron chi connectivity index (χ4n) is 3.97. The van der Waals surface area contributed by atoms with Gasteiger partial charge in [0.1, 0.15) is 5.82 Å². The average Bonchev–Trinajstić information content (AvgIpc) is 3.34. The molecular weight excluding hydrogens is 469 g/mol.